The lowest BCUT2D eigenvalue weighted by atomic mass is 10.1. The standard InChI is InChI=1S/C9H11BrClN3O/c10-7-8(11)12-5-13-9(7)14-2-1-6(3-14)4-15/h5-6,15H,1-4H2. The van der Waals surface area contributed by atoms with Crippen LogP contribution in [0.2, 0.25) is 5.15 Å². The molecule has 0 radical (unpaired) electrons. The average molecular weight is 293 g/mol. The molecule has 1 saturated heterocycles. The summed E-state index contributed by atoms with van der Waals surface area (Å²) < 4.78 is 0.727. The second-order valence-electron chi connectivity index (χ2n) is 3.59. The van der Waals surface area contributed by atoms with Gasteiger partial charge in [0, 0.05) is 25.6 Å². The first-order valence-electron chi connectivity index (χ1n) is 4.74. The van der Waals surface area contributed by atoms with Gasteiger partial charge < -0.3 is 10.0 Å². The Bertz CT molecular complexity index is 363. The third-order valence-corrected chi connectivity index (χ3v) is 3.82. The van der Waals surface area contributed by atoms with Crippen molar-refractivity contribution in [2.45, 2.75) is 6.42 Å². The molecule has 1 aromatic rings. The molecule has 0 aliphatic carbocycles. The maximum absolute atomic E-state index is 9.06. The van der Waals surface area contributed by atoms with E-state index < -0.39 is 0 Å². The summed E-state index contributed by atoms with van der Waals surface area (Å²) in [4.78, 5) is 10.2. The highest BCUT2D eigenvalue weighted by Crippen LogP contribution is 2.32. The van der Waals surface area contributed by atoms with Crippen LogP contribution in [0, 0.1) is 5.92 Å². The van der Waals surface area contributed by atoms with E-state index >= 15 is 0 Å². The van der Waals surface area contributed by atoms with Crippen LogP contribution in [0.25, 0.3) is 0 Å². The van der Waals surface area contributed by atoms with Gasteiger partial charge in [0.1, 0.15) is 17.3 Å². The summed E-state index contributed by atoms with van der Waals surface area (Å²) in [5.41, 5.74) is 0. The molecule has 0 aromatic carbocycles. The molecular weight excluding hydrogens is 281 g/mol. The lowest BCUT2D eigenvalue weighted by Crippen LogP contribution is -2.22. The number of nitrogens with zero attached hydrogens (tertiary/aromatic N) is 3. The molecule has 0 spiro atoms. The minimum Gasteiger partial charge on any atom is -0.396 e. The van der Waals surface area contributed by atoms with Crippen LogP contribution in [0.3, 0.4) is 0 Å². The van der Waals surface area contributed by atoms with Crippen molar-refractivity contribution in [2.24, 2.45) is 5.92 Å². The zero-order valence-electron chi connectivity index (χ0n) is 8.03. The third kappa shape index (κ3) is 2.24. The number of aromatic nitrogens is 2. The van der Waals surface area contributed by atoms with Crippen LogP contribution >= 0.6 is 27.5 Å². The van der Waals surface area contributed by atoms with Crippen molar-refractivity contribution in [2.75, 3.05) is 24.6 Å². The molecule has 1 N–H and O–H groups in total. The van der Waals surface area contributed by atoms with Crippen LogP contribution in [-0.2, 0) is 0 Å². The highest BCUT2D eigenvalue weighted by molar-refractivity contribution is 9.10. The molecule has 4 nitrogen and oxygen atoms in total. The first-order valence-corrected chi connectivity index (χ1v) is 5.91. The molecule has 2 heterocycles. The third-order valence-electron chi connectivity index (χ3n) is 2.57. The minimum atomic E-state index is 0.229. The Morgan fingerprint density at radius 2 is 2.40 bits per heavy atom. The molecule has 2 rings (SSSR count). The van der Waals surface area contributed by atoms with Gasteiger partial charge in [-0.05, 0) is 22.4 Å². The van der Waals surface area contributed by atoms with Gasteiger partial charge in [-0.1, -0.05) is 11.6 Å². The van der Waals surface area contributed by atoms with Gasteiger partial charge in [0.2, 0.25) is 0 Å². The summed E-state index contributed by atoms with van der Waals surface area (Å²) in [5.74, 6) is 1.15. The highest BCUT2D eigenvalue weighted by atomic mass is 79.9. The van der Waals surface area contributed by atoms with E-state index in [9.17, 15) is 0 Å². The predicted octanol–water partition coefficient (Wildman–Crippen LogP) is 1.71. The summed E-state index contributed by atoms with van der Waals surface area (Å²) in [6, 6.07) is 0. The first-order chi connectivity index (χ1) is 7.22. The zero-order chi connectivity index (χ0) is 10.8. The van der Waals surface area contributed by atoms with Gasteiger partial charge in [0.15, 0.2) is 0 Å². The molecule has 1 aliphatic rings. The Morgan fingerprint density at radius 1 is 1.60 bits per heavy atom. The summed E-state index contributed by atoms with van der Waals surface area (Å²) in [7, 11) is 0. The van der Waals surface area contributed by atoms with Gasteiger partial charge in [-0.3, -0.25) is 0 Å². The molecular formula is C9H11BrClN3O. The van der Waals surface area contributed by atoms with Crippen molar-refractivity contribution < 1.29 is 5.11 Å². The number of hydrogen-bond acceptors (Lipinski definition) is 4. The zero-order valence-corrected chi connectivity index (χ0v) is 10.4. The molecule has 6 heteroatoms. The number of aliphatic hydroxyl groups excluding tert-OH is 1. The van der Waals surface area contributed by atoms with Gasteiger partial charge in [0.05, 0.1) is 4.47 Å². The molecule has 1 aromatic heterocycles. The monoisotopic (exact) mass is 291 g/mol. The lowest BCUT2D eigenvalue weighted by Gasteiger charge is -2.18. The van der Waals surface area contributed by atoms with E-state index in [1.165, 1.54) is 6.33 Å². The summed E-state index contributed by atoms with van der Waals surface area (Å²) in [5, 5.41) is 9.48. The fourth-order valence-corrected chi connectivity index (χ4v) is 2.32. The quantitative estimate of drug-likeness (QED) is 0.843. The van der Waals surface area contributed by atoms with E-state index in [4.69, 9.17) is 16.7 Å². The SMILES string of the molecule is OCC1CCN(c2ncnc(Cl)c2Br)C1. The van der Waals surface area contributed by atoms with Gasteiger partial charge in [-0.25, -0.2) is 9.97 Å². The van der Waals surface area contributed by atoms with E-state index in [0.29, 0.717) is 11.1 Å². The minimum absolute atomic E-state index is 0.229. The van der Waals surface area contributed by atoms with E-state index in [2.05, 4.69) is 30.8 Å². The molecule has 1 fully saturated rings. The fourth-order valence-electron chi connectivity index (χ4n) is 1.73. The molecule has 15 heavy (non-hydrogen) atoms. The summed E-state index contributed by atoms with van der Waals surface area (Å²) in [6.07, 6.45) is 2.44. The molecule has 0 bridgehead atoms. The van der Waals surface area contributed by atoms with Gasteiger partial charge >= 0.3 is 0 Å². The maximum atomic E-state index is 9.06. The molecule has 1 unspecified atom stereocenters. The molecule has 1 atom stereocenters. The lowest BCUT2D eigenvalue weighted by molar-refractivity contribution is 0.238. The highest BCUT2D eigenvalue weighted by Gasteiger charge is 2.24. The largest absolute Gasteiger partial charge is 0.396 e. The van der Waals surface area contributed by atoms with Crippen molar-refractivity contribution in [3.05, 3.63) is 16.0 Å². The summed E-state index contributed by atoms with van der Waals surface area (Å²) >= 11 is 9.26. The average Bonchev–Trinajstić information content (AvgIpc) is 2.70. The van der Waals surface area contributed by atoms with Crippen molar-refractivity contribution in [3.8, 4) is 0 Å². The van der Waals surface area contributed by atoms with Crippen molar-refractivity contribution >= 4 is 33.3 Å². The van der Waals surface area contributed by atoms with E-state index in [1.807, 2.05) is 0 Å². The van der Waals surface area contributed by atoms with Crippen LogP contribution in [0.15, 0.2) is 10.8 Å². The molecule has 82 valence electrons. The predicted molar refractivity (Wildman–Crippen MR) is 62.1 cm³/mol. The van der Waals surface area contributed by atoms with Gasteiger partial charge in [-0.2, -0.15) is 0 Å². The number of anilines is 1. The second-order valence-corrected chi connectivity index (χ2v) is 4.74. The first kappa shape index (κ1) is 11.1. The van der Waals surface area contributed by atoms with E-state index in [1.54, 1.807) is 0 Å². The van der Waals surface area contributed by atoms with Crippen LogP contribution < -0.4 is 4.90 Å². The Hall–Kier alpha value is -0.390. The number of aliphatic hydroxyl groups is 1. The Morgan fingerprint density at radius 3 is 3.07 bits per heavy atom. The van der Waals surface area contributed by atoms with Crippen molar-refractivity contribution in [3.63, 3.8) is 0 Å². The second kappa shape index (κ2) is 4.63. The van der Waals surface area contributed by atoms with Crippen LogP contribution in [0.4, 0.5) is 5.82 Å². The fraction of sp³-hybridized carbons (Fsp3) is 0.556. The molecule has 1 aliphatic heterocycles. The molecule has 0 saturated carbocycles. The Kier molecular flexibility index (Phi) is 3.43. The van der Waals surface area contributed by atoms with E-state index in [0.717, 1.165) is 29.8 Å². The number of halogens is 2. The Balaban J connectivity index is 2.20. The van der Waals surface area contributed by atoms with Gasteiger partial charge in [0.25, 0.3) is 0 Å². The Labute approximate surface area is 101 Å². The topological polar surface area (TPSA) is 49.2 Å². The van der Waals surface area contributed by atoms with Gasteiger partial charge in [-0.15, -0.1) is 0 Å². The van der Waals surface area contributed by atoms with Crippen LogP contribution in [0.1, 0.15) is 6.42 Å². The maximum Gasteiger partial charge on any atom is 0.148 e. The number of hydrogen-bond donors (Lipinski definition) is 1. The smallest absolute Gasteiger partial charge is 0.148 e. The normalized spacial score (nSPS) is 21.0. The van der Waals surface area contributed by atoms with Crippen molar-refractivity contribution in [1.29, 1.82) is 0 Å². The van der Waals surface area contributed by atoms with E-state index in [-0.39, 0.29) is 6.61 Å². The number of rotatable bonds is 2. The molecule has 0 amide bonds. The van der Waals surface area contributed by atoms with Crippen LogP contribution in [0.5, 0.6) is 0 Å². The van der Waals surface area contributed by atoms with Crippen LogP contribution in [-0.4, -0.2) is 34.8 Å². The summed E-state index contributed by atoms with van der Waals surface area (Å²) in [6.45, 7) is 1.95. The van der Waals surface area contributed by atoms with Crippen molar-refractivity contribution in [1.82, 2.24) is 9.97 Å².